The lowest BCUT2D eigenvalue weighted by atomic mass is 10.2. The standard InChI is InChI=1S/C6H12O6/c7-1-3(9)5(11)6(12)4(10)2-8/h1,3-6,8-12H,2H2/t3-,4-,5-,6-/m1/s1/i6+1. The summed E-state index contributed by atoms with van der Waals surface area (Å²) in [5.74, 6) is 0. The normalized spacial score (nSPS) is 21.1. The molecular formula is C6H12O6. The van der Waals surface area contributed by atoms with Crippen LogP contribution < -0.4 is 0 Å². The van der Waals surface area contributed by atoms with Gasteiger partial charge in [-0.1, -0.05) is 0 Å². The van der Waals surface area contributed by atoms with Crippen LogP contribution in [0.25, 0.3) is 0 Å². The summed E-state index contributed by atoms with van der Waals surface area (Å²) in [5.41, 5.74) is 0. The Morgan fingerprint density at radius 2 is 1.58 bits per heavy atom. The Kier molecular flexibility index (Phi) is 4.95. The average molecular weight is 181 g/mol. The quantitative estimate of drug-likeness (QED) is 0.223. The van der Waals surface area contributed by atoms with Crippen molar-refractivity contribution in [3.63, 3.8) is 0 Å². The van der Waals surface area contributed by atoms with Gasteiger partial charge in [-0.25, -0.2) is 0 Å². The van der Waals surface area contributed by atoms with Crippen molar-refractivity contribution in [1.29, 1.82) is 0 Å². The summed E-state index contributed by atoms with van der Waals surface area (Å²) in [5, 5.41) is 43.5. The van der Waals surface area contributed by atoms with Gasteiger partial charge in [0.05, 0.1) is 6.61 Å². The van der Waals surface area contributed by atoms with Gasteiger partial charge in [0.1, 0.15) is 24.4 Å². The SMILES string of the molecule is O=C[C@@H](O)[C@@H](O)[13C@H](O)[C@H](O)CO. The highest BCUT2D eigenvalue weighted by Crippen LogP contribution is 2.02. The Balaban J connectivity index is 4.07. The van der Waals surface area contributed by atoms with Gasteiger partial charge in [0.15, 0.2) is 6.29 Å². The molecule has 0 bridgehead atoms. The smallest absolute Gasteiger partial charge is 0.151 e. The topological polar surface area (TPSA) is 118 Å². The third-order valence-corrected chi connectivity index (χ3v) is 1.42. The number of aliphatic hydroxyl groups excluding tert-OH is 5. The van der Waals surface area contributed by atoms with Crippen molar-refractivity contribution in [2.75, 3.05) is 6.61 Å². The van der Waals surface area contributed by atoms with Crippen LogP contribution >= 0.6 is 0 Å². The first-order valence-electron chi connectivity index (χ1n) is 3.33. The first-order valence-corrected chi connectivity index (χ1v) is 3.33. The molecule has 5 N–H and O–H groups in total. The molecule has 0 fully saturated rings. The third-order valence-electron chi connectivity index (χ3n) is 1.42. The van der Waals surface area contributed by atoms with Crippen LogP contribution in [0, 0.1) is 0 Å². The lowest BCUT2D eigenvalue weighted by Gasteiger charge is -2.22. The molecule has 0 spiro atoms. The van der Waals surface area contributed by atoms with Crippen molar-refractivity contribution < 1.29 is 30.3 Å². The molecule has 6 nitrogen and oxygen atoms in total. The van der Waals surface area contributed by atoms with E-state index in [0.29, 0.717) is 0 Å². The zero-order chi connectivity index (χ0) is 9.72. The molecule has 72 valence electrons. The van der Waals surface area contributed by atoms with Gasteiger partial charge in [0, 0.05) is 0 Å². The summed E-state index contributed by atoms with van der Waals surface area (Å²) in [6.07, 6.45) is -6.84. The average Bonchev–Trinajstić information content (AvgIpc) is 2.12. The van der Waals surface area contributed by atoms with Crippen molar-refractivity contribution >= 4 is 6.29 Å². The van der Waals surface area contributed by atoms with E-state index in [-0.39, 0.29) is 6.29 Å². The van der Waals surface area contributed by atoms with E-state index in [1.807, 2.05) is 0 Å². The second-order valence-corrected chi connectivity index (χ2v) is 2.36. The molecule has 6 heteroatoms. The molecule has 0 rings (SSSR count). The summed E-state index contributed by atoms with van der Waals surface area (Å²) < 4.78 is 0. The van der Waals surface area contributed by atoms with E-state index in [4.69, 9.17) is 25.5 Å². The first-order chi connectivity index (χ1) is 5.54. The number of rotatable bonds is 5. The highest BCUT2D eigenvalue weighted by Gasteiger charge is 2.29. The van der Waals surface area contributed by atoms with E-state index in [9.17, 15) is 4.79 Å². The van der Waals surface area contributed by atoms with Crippen LogP contribution in [0.4, 0.5) is 0 Å². The number of aliphatic hydroxyl groups is 5. The van der Waals surface area contributed by atoms with Gasteiger partial charge in [0.2, 0.25) is 0 Å². The number of hydrogen-bond donors (Lipinski definition) is 5. The lowest BCUT2D eigenvalue weighted by molar-refractivity contribution is -0.136. The molecule has 0 amide bonds. The molecule has 0 aromatic rings. The number of hydrogen-bond acceptors (Lipinski definition) is 6. The third kappa shape index (κ3) is 2.84. The van der Waals surface area contributed by atoms with Crippen molar-refractivity contribution in [3.8, 4) is 0 Å². The van der Waals surface area contributed by atoms with E-state index >= 15 is 0 Å². The van der Waals surface area contributed by atoms with Crippen molar-refractivity contribution in [2.45, 2.75) is 24.4 Å². The largest absolute Gasteiger partial charge is 0.394 e. The Bertz CT molecular complexity index is 138. The van der Waals surface area contributed by atoms with Crippen LogP contribution in [-0.2, 0) is 4.79 Å². The Labute approximate surface area is 68.7 Å². The zero-order valence-electron chi connectivity index (χ0n) is 6.24. The molecule has 0 aliphatic rings. The molecule has 0 saturated carbocycles. The van der Waals surface area contributed by atoms with E-state index in [1.165, 1.54) is 0 Å². The molecule has 0 aliphatic heterocycles. The number of carbonyl (C=O) groups is 1. The zero-order valence-corrected chi connectivity index (χ0v) is 6.24. The highest BCUT2D eigenvalue weighted by atomic mass is 16.4. The van der Waals surface area contributed by atoms with Gasteiger partial charge in [-0.15, -0.1) is 0 Å². The molecule has 0 saturated heterocycles. The maximum absolute atomic E-state index is 9.90. The Morgan fingerprint density at radius 3 is 1.92 bits per heavy atom. The van der Waals surface area contributed by atoms with Gasteiger partial charge in [0.25, 0.3) is 0 Å². The summed E-state index contributed by atoms with van der Waals surface area (Å²) in [7, 11) is 0. The molecular weight excluding hydrogens is 169 g/mol. The molecule has 0 aromatic heterocycles. The maximum Gasteiger partial charge on any atom is 0.151 e. The van der Waals surface area contributed by atoms with Crippen molar-refractivity contribution in [2.24, 2.45) is 0 Å². The van der Waals surface area contributed by atoms with Crippen LogP contribution in [0.5, 0.6) is 0 Å². The second-order valence-electron chi connectivity index (χ2n) is 2.36. The highest BCUT2D eigenvalue weighted by molar-refractivity contribution is 5.56. The summed E-state index contributed by atoms with van der Waals surface area (Å²) in [6.45, 7) is -0.760. The van der Waals surface area contributed by atoms with Crippen molar-refractivity contribution in [1.82, 2.24) is 0 Å². The molecule has 0 unspecified atom stereocenters. The number of aldehydes is 1. The van der Waals surface area contributed by atoms with Crippen LogP contribution in [-0.4, -0.2) is 62.8 Å². The Hall–Kier alpha value is -0.530. The minimum absolute atomic E-state index is 0.0258. The first kappa shape index (κ1) is 11.5. The number of carbonyl (C=O) groups excluding carboxylic acids is 1. The van der Waals surface area contributed by atoms with Crippen LogP contribution in [0.15, 0.2) is 0 Å². The minimum Gasteiger partial charge on any atom is -0.394 e. The van der Waals surface area contributed by atoms with Crippen molar-refractivity contribution in [3.05, 3.63) is 0 Å². The van der Waals surface area contributed by atoms with Crippen LogP contribution in [0.3, 0.4) is 0 Å². The molecule has 0 radical (unpaired) electrons. The van der Waals surface area contributed by atoms with Crippen LogP contribution in [0.2, 0.25) is 0 Å². The fourth-order valence-corrected chi connectivity index (χ4v) is 0.618. The van der Waals surface area contributed by atoms with E-state index in [2.05, 4.69) is 0 Å². The fourth-order valence-electron chi connectivity index (χ4n) is 0.618. The van der Waals surface area contributed by atoms with Gasteiger partial charge in [-0.05, 0) is 0 Å². The molecule has 12 heavy (non-hydrogen) atoms. The summed E-state index contributed by atoms with van der Waals surface area (Å²) >= 11 is 0. The van der Waals surface area contributed by atoms with Crippen LogP contribution in [0.1, 0.15) is 0 Å². The fraction of sp³-hybridized carbons (Fsp3) is 0.833. The molecule has 0 heterocycles. The summed E-state index contributed by atoms with van der Waals surface area (Å²) in [6, 6.07) is 0. The Morgan fingerprint density at radius 1 is 1.08 bits per heavy atom. The molecule has 4 atom stereocenters. The minimum atomic E-state index is -1.79. The summed E-state index contributed by atoms with van der Waals surface area (Å²) in [4.78, 5) is 9.90. The molecule has 0 aromatic carbocycles. The molecule has 0 aliphatic carbocycles. The van der Waals surface area contributed by atoms with Gasteiger partial charge >= 0.3 is 0 Å². The lowest BCUT2D eigenvalue weighted by Crippen LogP contribution is -2.46. The predicted octanol–water partition coefficient (Wildman–Crippen LogP) is -3.38. The van der Waals surface area contributed by atoms with E-state index in [1.54, 1.807) is 0 Å². The maximum atomic E-state index is 9.90. The second kappa shape index (κ2) is 5.18. The van der Waals surface area contributed by atoms with E-state index < -0.39 is 31.0 Å². The van der Waals surface area contributed by atoms with E-state index in [0.717, 1.165) is 0 Å². The monoisotopic (exact) mass is 181 g/mol. The van der Waals surface area contributed by atoms with Gasteiger partial charge in [-0.2, -0.15) is 0 Å². The predicted molar refractivity (Wildman–Crippen MR) is 37.2 cm³/mol. The van der Waals surface area contributed by atoms with Gasteiger partial charge < -0.3 is 30.3 Å². The van der Waals surface area contributed by atoms with Gasteiger partial charge in [-0.3, -0.25) is 0 Å².